The highest BCUT2D eigenvalue weighted by molar-refractivity contribution is 5.82. The highest BCUT2D eigenvalue weighted by Gasteiger charge is 2.22. The molecule has 17 heavy (non-hydrogen) atoms. The first-order valence-corrected chi connectivity index (χ1v) is 6.64. The molecule has 2 aromatic rings. The van der Waals surface area contributed by atoms with Gasteiger partial charge in [-0.25, -0.2) is 0 Å². The molecule has 90 valence electrons. The molecule has 1 saturated carbocycles. The zero-order valence-electron chi connectivity index (χ0n) is 10.4. The highest BCUT2D eigenvalue weighted by Crippen LogP contribution is 2.22. The minimum absolute atomic E-state index is 0.635. The van der Waals surface area contributed by atoms with E-state index in [2.05, 4.69) is 47.7 Å². The monoisotopic (exact) mass is 228 g/mol. The van der Waals surface area contributed by atoms with Crippen LogP contribution in [-0.4, -0.2) is 17.1 Å². The molecule has 3 rings (SSSR count). The Labute approximate surface area is 102 Å². The van der Waals surface area contributed by atoms with E-state index in [1.54, 1.807) is 0 Å². The standard InChI is InChI=1S/C15H20N2/c1-11(17-13-8-9-13)6-7-12-10-16-15-5-3-2-4-14(12)15/h2-5,10-11,13,16-17H,6-9H2,1H3. The van der Waals surface area contributed by atoms with Gasteiger partial charge in [0.15, 0.2) is 0 Å². The minimum Gasteiger partial charge on any atom is -0.361 e. The van der Waals surface area contributed by atoms with Crippen LogP contribution in [0, 0.1) is 0 Å². The van der Waals surface area contributed by atoms with Crippen LogP contribution in [0.1, 0.15) is 31.7 Å². The molecule has 2 N–H and O–H groups in total. The minimum atomic E-state index is 0.635. The van der Waals surface area contributed by atoms with Crippen molar-refractivity contribution in [1.82, 2.24) is 10.3 Å². The van der Waals surface area contributed by atoms with Gasteiger partial charge >= 0.3 is 0 Å². The largest absolute Gasteiger partial charge is 0.361 e. The molecule has 1 aliphatic carbocycles. The lowest BCUT2D eigenvalue weighted by molar-refractivity contribution is 0.512. The van der Waals surface area contributed by atoms with Gasteiger partial charge in [0.25, 0.3) is 0 Å². The fraction of sp³-hybridized carbons (Fsp3) is 0.467. The number of fused-ring (bicyclic) bond motifs is 1. The van der Waals surface area contributed by atoms with Crippen molar-refractivity contribution in [3.63, 3.8) is 0 Å². The van der Waals surface area contributed by atoms with Gasteiger partial charge in [-0.05, 0) is 44.2 Å². The van der Waals surface area contributed by atoms with Crippen LogP contribution in [0.25, 0.3) is 10.9 Å². The maximum atomic E-state index is 3.65. The molecule has 1 atom stereocenters. The van der Waals surface area contributed by atoms with Gasteiger partial charge in [0.05, 0.1) is 0 Å². The summed E-state index contributed by atoms with van der Waals surface area (Å²) >= 11 is 0. The molecule has 0 radical (unpaired) electrons. The third-order valence-corrected chi connectivity index (χ3v) is 3.62. The Balaban J connectivity index is 1.63. The molecule has 1 aromatic heterocycles. The Hall–Kier alpha value is -1.28. The quantitative estimate of drug-likeness (QED) is 0.808. The molecule has 0 bridgehead atoms. The van der Waals surface area contributed by atoms with E-state index in [9.17, 15) is 0 Å². The van der Waals surface area contributed by atoms with Gasteiger partial charge in [-0.15, -0.1) is 0 Å². The number of nitrogens with one attached hydrogen (secondary N) is 2. The van der Waals surface area contributed by atoms with Crippen molar-refractivity contribution < 1.29 is 0 Å². The molecular weight excluding hydrogens is 208 g/mol. The second-order valence-corrected chi connectivity index (χ2v) is 5.24. The van der Waals surface area contributed by atoms with Crippen molar-refractivity contribution in [2.75, 3.05) is 0 Å². The fourth-order valence-corrected chi connectivity index (χ4v) is 2.45. The average molecular weight is 228 g/mol. The van der Waals surface area contributed by atoms with Crippen molar-refractivity contribution in [3.8, 4) is 0 Å². The molecule has 1 unspecified atom stereocenters. The van der Waals surface area contributed by atoms with Crippen molar-refractivity contribution in [3.05, 3.63) is 36.0 Å². The van der Waals surface area contributed by atoms with E-state index in [-0.39, 0.29) is 0 Å². The van der Waals surface area contributed by atoms with Gasteiger partial charge in [-0.2, -0.15) is 0 Å². The molecule has 1 aliphatic rings. The average Bonchev–Trinajstić information content (AvgIpc) is 3.06. The van der Waals surface area contributed by atoms with Gasteiger partial charge in [-0.3, -0.25) is 0 Å². The number of benzene rings is 1. The Kier molecular flexibility index (Phi) is 2.89. The molecule has 2 nitrogen and oxygen atoms in total. The number of H-pyrrole nitrogens is 1. The number of aromatic amines is 1. The molecule has 1 aromatic carbocycles. The smallest absolute Gasteiger partial charge is 0.0456 e. The summed E-state index contributed by atoms with van der Waals surface area (Å²) in [4.78, 5) is 3.34. The van der Waals surface area contributed by atoms with E-state index in [1.165, 1.54) is 35.7 Å². The van der Waals surface area contributed by atoms with Crippen LogP contribution in [0.2, 0.25) is 0 Å². The first kappa shape index (κ1) is 10.8. The van der Waals surface area contributed by atoms with E-state index in [4.69, 9.17) is 0 Å². The van der Waals surface area contributed by atoms with E-state index in [0.717, 1.165) is 12.5 Å². The van der Waals surface area contributed by atoms with Crippen LogP contribution < -0.4 is 5.32 Å². The van der Waals surface area contributed by atoms with Crippen molar-refractivity contribution >= 4 is 10.9 Å². The zero-order chi connectivity index (χ0) is 11.7. The topological polar surface area (TPSA) is 27.8 Å². The van der Waals surface area contributed by atoms with Gasteiger partial charge in [0, 0.05) is 29.2 Å². The summed E-state index contributed by atoms with van der Waals surface area (Å²) in [6.45, 7) is 2.30. The van der Waals surface area contributed by atoms with Crippen LogP contribution in [0.15, 0.2) is 30.5 Å². The van der Waals surface area contributed by atoms with Crippen LogP contribution in [-0.2, 0) is 6.42 Å². The lowest BCUT2D eigenvalue weighted by atomic mass is 10.1. The molecule has 1 fully saturated rings. The molecular formula is C15H20N2. The van der Waals surface area contributed by atoms with E-state index >= 15 is 0 Å². The Morgan fingerprint density at radius 3 is 3.00 bits per heavy atom. The molecule has 0 aliphatic heterocycles. The van der Waals surface area contributed by atoms with Crippen molar-refractivity contribution in [1.29, 1.82) is 0 Å². The molecule has 0 saturated heterocycles. The van der Waals surface area contributed by atoms with E-state index in [1.807, 2.05) is 0 Å². The first-order valence-electron chi connectivity index (χ1n) is 6.64. The second-order valence-electron chi connectivity index (χ2n) is 5.24. The molecule has 1 heterocycles. The second kappa shape index (κ2) is 4.53. The zero-order valence-corrected chi connectivity index (χ0v) is 10.4. The van der Waals surface area contributed by atoms with Crippen molar-refractivity contribution in [2.24, 2.45) is 0 Å². The molecule has 0 amide bonds. The van der Waals surface area contributed by atoms with E-state index in [0.29, 0.717) is 6.04 Å². The Bertz CT molecular complexity index is 496. The van der Waals surface area contributed by atoms with Crippen LogP contribution in [0.5, 0.6) is 0 Å². The van der Waals surface area contributed by atoms with Gasteiger partial charge in [0.1, 0.15) is 0 Å². The predicted molar refractivity (Wildman–Crippen MR) is 72.2 cm³/mol. The SMILES string of the molecule is CC(CCc1c[nH]c2ccccc12)NC1CC1. The summed E-state index contributed by atoms with van der Waals surface area (Å²) in [5.74, 6) is 0. The highest BCUT2D eigenvalue weighted by atomic mass is 15.0. The first-order chi connectivity index (χ1) is 8.33. The number of hydrogen-bond acceptors (Lipinski definition) is 1. The summed E-state index contributed by atoms with van der Waals surface area (Å²) in [5.41, 5.74) is 2.70. The number of aromatic nitrogens is 1. The maximum Gasteiger partial charge on any atom is 0.0456 e. The molecule has 2 heteroatoms. The third-order valence-electron chi connectivity index (χ3n) is 3.62. The number of rotatable bonds is 5. The number of para-hydroxylation sites is 1. The third kappa shape index (κ3) is 2.52. The van der Waals surface area contributed by atoms with E-state index < -0.39 is 0 Å². The summed E-state index contributed by atoms with van der Waals surface area (Å²) in [5, 5.41) is 5.03. The molecule has 0 spiro atoms. The van der Waals surface area contributed by atoms with Crippen molar-refractivity contribution in [2.45, 2.75) is 44.7 Å². The lowest BCUT2D eigenvalue weighted by Crippen LogP contribution is -2.28. The summed E-state index contributed by atoms with van der Waals surface area (Å²) in [7, 11) is 0. The number of aryl methyl sites for hydroxylation is 1. The van der Waals surface area contributed by atoms with Gasteiger partial charge < -0.3 is 10.3 Å². The number of hydrogen-bond donors (Lipinski definition) is 2. The van der Waals surface area contributed by atoms with Crippen LogP contribution in [0.3, 0.4) is 0 Å². The predicted octanol–water partition coefficient (Wildman–Crippen LogP) is 3.24. The maximum absolute atomic E-state index is 3.65. The summed E-state index contributed by atoms with van der Waals surface area (Å²) < 4.78 is 0. The summed E-state index contributed by atoms with van der Waals surface area (Å²) in [6, 6.07) is 10.0. The Morgan fingerprint density at radius 1 is 1.35 bits per heavy atom. The van der Waals surface area contributed by atoms with Gasteiger partial charge in [-0.1, -0.05) is 18.2 Å². The summed E-state index contributed by atoms with van der Waals surface area (Å²) in [6.07, 6.45) is 7.28. The fourth-order valence-electron chi connectivity index (χ4n) is 2.45. The van der Waals surface area contributed by atoms with Gasteiger partial charge in [0.2, 0.25) is 0 Å². The lowest BCUT2D eigenvalue weighted by Gasteiger charge is -2.12. The van der Waals surface area contributed by atoms with Crippen LogP contribution in [0.4, 0.5) is 0 Å². The van der Waals surface area contributed by atoms with Crippen LogP contribution >= 0.6 is 0 Å². The Morgan fingerprint density at radius 2 is 2.18 bits per heavy atom. The normalized spacial score (nSPS) is 17.5.